The molecule has 9 aromatic rings. The summed E-state index contributed by atoms with van der Waals surface area (Å²) in [6.45, 7) is 0. The van der Waals surface area contributed by atoms with E-state index in [-0.39, 0.29) is 0 Å². The van der Waals surface area contributed by atoms with Gasteiger partial charge in [-0.1, -0.05) is 91.0 Å². The smallest absolute Gasteiger partial charge is 0.227 e. The molecule has 0 aliphatic carbocycles. The van der Waals surface area contributed by atoms with Crippen LogP contribution in [-0.2, 0) is 0 Å². The van der Waals surface area contributed by atoms with Crippen molar-refractivity contribution in [1.82, 2.24) is 4.98 Å². The molecule has 40 heavy (non-hydrogen) atoms. The van der Waals surface area contributed by atoms with Crippen LogP contribution in [-0.4, -0.2) is 4.98 Å². The van der Waals surface area contributed by atoms with E-state index in [1.807, 2.05) is 30.3 Å². The van der Waals surface area contributed by atoms with Crippen LogP contribution in [0.2, 0.25) is 0 Å². The summed E-state index contributed by atoms with van der Waals surface area (Å²) in [5.74, 6) is 0.603. The van der Waals surface area contributed by atoms with Crippen LogP contribution < -0.4 is 0 Å². The monoisotopic (exact) mass is 511 g/mol. The van der Waals surface area contributed by atoms with Crippen molar-refractivity contribution in [1.29, 1.82) is 0 Å². The molecule has 0 aliphatic rings. The van der Waals surface area contributed by atoms with E-state index in [0.717, 1.165) is 49.7 Å². The molecular formula is C37H21NO2. The molecule has 0 saturated heterocycles. The minimum absolute atomic E-state index is 0.603. The number of benzene rings is 7. The zero-order chi connectivity index (χ0) is 26.2. The van der Waals surface area contributed by atoms with Gasteiger partial charge in [-0.25, -0.2) is 4.98 Å². The molecule has 186 valence electrons. The number of fused-ring (bicyclic) bond motifs is 10. The van der Waals surface area contributed by atoms with E-state index in [1.165, 1.54) is 32.3 Å². The molecule has 0 saturated carbocycles. The SMILES string of the molecule is c1cc(-c2ccc3c4ccccc4c4ccccc4c3c2)cc(-c2nc3cc4oc5ccccc5c4cc3o2)c1. The molecule has 2 heterocycles. The molecular weight excluding hydrogens is 490 g/mol. The lowest BCUT2D eigenvalue weighted by molar-refractivity contribution is 0.620. The van der Waals surface area contributed by atoms with Gasteiger partial charge < -0.3 is 8.83 Å². The molecule has 3 nitrogen and oxygen atoms in total. The molecule has 7 aromatic carbocycles. The average Bonchev–Trinajstić information content (AvgIpc) is 3.60. The molecule has 0 bridgehead atoms. The molecule has 2 aromatic heterocycles. The first-order chi connectivity index (χ1) is 19.8. The Balaban J connectivity index is 1.19. The molecule has 0 amide bonds. The van der Waals surface area contributed by atoms with E-state index in [4.69, 9.17) is 13.8 Å². The first-order valence-corrected chi connectivity index (χ1v) is 13.5. The summed E-state index contributed by atoms with van der Waals surface area (Å²) >= 11 is 0. The molecule has 0 fully saturated rings. The van der Waals surface area contributed by atoms with Gasteiger partial charge in [0.2, 0.25) is 5.89 Å². The molecule has 0 unspecified atom stereocenters. The van der Waals surface area contributed by atoms with E-state index >= 15 is 0 Å². The maximum Gasteiger partial charge on any atom is 0.227 e. The number of aromatic nitrogens is 1. The molecule has 0 aliphatic heterocycles. The Labute approximate surface area is 228 Å². The van der Waals surface area contributed by atoms with E-state index in [9.17, 15) is 0 Å². The zero-order valence-corrected chi connectivity index (χ0v) is 21.4. The summed E-state index contributed by atoms with van der Waals surface area (Å²) in [6, 6.07) is 44.7. The number of hydrogen-bond acceptors (Lipinski definition) is 3. The lowest BCUT2D eigenvalue weighted by Gasteiger charge is -2.12. The van der Waals surface area contributed by atoms with E-state index < -0.39 is 0 Å². The summed E-state index contributed by atoms with van der Waals surface area (Å²) < 4.78 is 12.4. The number of hydrogen-bond donors (Lipinski definition) is 0. The van der Waals surface area contributed by atoms with Gasteiger partial charge >= 0.3 is 0 Å². The summed E-state index contributed by atoms with van der Waals surface area (Å²) in [6.07, 6.45) is 0. The highest BCUT2D eigenvalue weighted by Gasteiger charge is 2.15. The Hall–Kier alpha value is -5.41. The highest BCUT2D eigenvalue weighted by Crippen LogP contribution is 2.38. The lowest BCUT2D eigenvalue weighted by atomic mass is 9.92. The molecule has 9 rings (SSSR count). The zero-order valence-electron chi connectivity index (χ0n) is 21.4. The number of rotatable bonds is 2. The second-order valence-corrected chi connectivity index (χ2v) is 10.4. The second kappa shape index (κ2) is 8.05. The minimum atomic E-state index is 0.603. The van der Waals surface area contributed by atoms with Crippen LogP contribution in [0.25, 0.3) is 87.9 Å². The number of nitrogens with zero attached hydrogens (tertiary/aromatic N) is 1. The van der Waals surface area contributed by atoms with Gasteiger partial charge in [-0.3, -0.25) is 0 Å². The van der Waals surface area contributed by atoms with Crippen molar-refractivity contribution in [2.45, 2.75) is 0 Å². The number of furan rings is 1. The van der Waals surface area contributed by atoms with Crippen LogP contribution in [0.5, 0.6) is 0 Å². The summed E-state index contributed by atoms with van der Waals surface area (Å²) in [7, 11) is 0. The maximum absolute atomic E-state index is 6.29. The highest BCUT2D eigenvalue weighted by molar-refractivity contribution is 6.25. The standard InChI is InChI=1S/C37H21NO2/c1-2-12-27-25(10-1)26-11-3-4-13-28(26)31-19-23(16-17-29(27)31)22-8-7-9-24(18-22)37-38-33-21-35-32(20-36(33)40-37)30-14-5-6-15-34(30)39-35/h1-21H. The molecule has 3 heteroatoms. The van der Waals surface area contributed by atoms with Gasteiger partial charge in [0.1, 0.15) is 16.7 Å². The third-order valence-corrected chi connectivity index (χ3v) is 8.07. The summed E-state index contributed by atoms with van der Waals surface area (Å²) in [4.78, 5) is 4.84. The fourth-order valence-electron chi connectivity index (χ4n) is 6.19. The predicted molar refractivity (Wildman–Crippen MR) is 165 cm³/mol. The van der Waals surface area contributed by atoms with E-state index in [1.54, 1.807) is 0 Å². The second-order valence-electron chi connectivity index (χ2n) is 10.4. The van der Waals surface area contributed by atoms with Gasteiger partial charge in [0.05, 0.1) is 0 Å². The highest BCUT2D eigenvalue weighted by atomic mass is 16.4. The largest absolute Gasteiger partial charge is 0.456 e. The Morgan fingerprint density at radius 1 is 0.350 bits per heavy atom. The van der Waals surface area contributed by atoms with Crippen molar-refractivity contribution in [2.24, 2.45) is 0 Å². The van der Waals surface area contributed by atoms with Crippen molar-refractivity contribution >= 4 is 65.4 Å². The first kappa shape index (κ1) is 21.5. The van der Waals surface area contributed by atoms with Crippen LogP contribution in [0.3, 0.4) is 0 Å². The van der Waals surface area contributed by atoms with Gasteiger partial charge in [-0.2, -0.15) is 0 Å². The lowest BCUT2D eigenvalue weighted by Crippen LogP contribution is -1.85. The van der Waals surface area contributed by atoms with Gasteiger partial charge in [-0.05, 0) is 73.8 Å². The van der Waals surface area contributed by atoms with Crippen LogP contribution in [0.4, 0.5) is 0 Å². The molecule has 0 radical (unpaired) electrons. The normalized spacial score (nSPS) is 12.0. The van der Waals surface area contributed by atoms with Crippen molar-refractivity contribution < 1.29 is 8.83 Å². The van der Waals surface area contributed by atoms with Crippen LogP contribution in [0.15, 0.2) is 136 Å². The van der Waals surface area contributed by atoms with Gasteiger partial charge in [-0.15, -0.1) is 0 Å². The number of oxazole rings is 1. The molecule has 0 N–H and O–H groups in total. The van der Waals surface area contributed by atoms with Crippen molar-refractivity contribution in [3.05, 3.63) is 127 Å². The summed E-state index contributed by atoms with van der Waals surface area (Å²) in [5.41, 5.74) is 6.46. The van der Waals surface area contributed by atoms with Crippen LogP contribution >= 0.6 is 0 Å². The Bertz CT molecular complexity index is 2410. The number of para-hydroxylation sites is 1. The van der Waals surface area contributed by atoms with Crippen molar-refractivity contribution in [2.75, 3.05) is 0 Å². The quantitative estimate of drug-likeness (QED) is 0.217. The van der Waals surface area contributed by atoms with E-state index in [2.05, 4.69) is 97.1 Å². The Kier molecular flexibility index (Phi) is 4.33. The van der Waals surface area contributed by atoms with Gasteiger partial charge in [0.25, 0.3) is 0 Å². The fraction of sp³-hybridized carbons (Fsp3) is 0. The van der Waals surface area contributed by atoms with E-state index in [0.29, 0.717) is 5.89 Å². The average molecular weight is 512 g/mol. The van der Waals surface area contributed by atoms with Crippen molar-refractivity contribution in [3.63, 3.8) is 0 Å². The predicted octanol–water partition coefficient (Wildman–Crippen LogP) is 10.5. The summed E-state index contributed by atoms with van der Waals surface area (Å²) in [5, 5.41) is 9.76. The Morgan fingerprint density at radius 3 is 1.75 bits per heavy atom. The maximum atomic E-state index is 6.29. The first-order valence-electron chi connectivity index (χ1n) is 13.5. The minimum Gasteiger partial charge on any atom is -0.456 e. The Morgan fingerprint density at radius 2 is 0.975 bits per heavy atom. The van der Waals surface area contributed by atoms with Gasteiger partial charge in [0, 0.05) is 22.4 Å². The van der Waals surface area contributed by atoms with Crippen LogP contribution in [0, 0.1) is 0 Å². The van der Waals surface area contributed by atoms with Crippen molar-refractivity contribution in [3.8, 4) is 22.6 Å². The third-order valence-electron chi connectivity index (χ3n) is 8.07. The topological polar surface area (TPSA) is 39.2 Å². The molecule has 0 atom stereocenters. The van der Waals surface area contributed by atoms with Gasteiger partial charge in [0.15, 0.2) is 5.58 Å². The molecule has 0 spiro atoms. The third kappa shape index (κ3) is 3.09. The van der Waals surface area contributed by atoms with Crippen LogP contribution in [0.1, 0.15) is 0 Å². The fourth-order valence-corrected chi connectivity index (χ4v) is 6.19.